The number of nitrogens with zero attached hydrogens (tertiary/aromatic N) is 1. The van der Waals surface area contributed by atoms with Gasteiger partial charge in [-0.2, -0.15) is 0 Å². The second kappa shape index (κ2) is 14.8. The Hall–Kier alpha value is -1.31. The molecule has 26 heavy (non-hydrogen) atoms. The Morgan fingerprint density at radius 2 is 1.38 bits per heavy atom. The molecule has 0 fully saturated rings. The Morgan fingerprint density at radius 1 is 0.885 bits per heavy atom. The Kier molecular flexibility index (Phi) is 14.1. The largest absolute Gasteiger partial charge is 0.394 e. The standard InChI is InChI=1S/C19H36N2O5/c1-15(2)8-7-11-16(23)9-5-3-4-6-10-17(24)12-13-21(26)19(25)18(20)14-22/h15,18,22,26H,3-14,20H2,1-2H3. The topological polar surface area (TPSA) is 121 Å². The Labute approximate surface area is 156 Å². The second-order valence-electron chi connectivity index (χ2n) is 7.28. The number of carbonyl (C=O) groups excluding carboxylic acids is 3. The van der Waals surface area contributed by atoms with Gasteiger partial charge in [0.2, 0.25) is 0 Å². The summed E-state index contributed by atoms with van der Waals surface area (Å²) in [6.45, 7) is 3.65. The molecule has 0 aromatic carbocycles. The van der Waals surface area contributed by atoms with E-state index < -0.39 is 18.6 Å². The zero-order chi connectivity index (χ0) is 19.9. The average Bonchev–Trinajstić information content (AvgIpc) is 2.60. The number of aliphatic hydroxyl groups excluding tert-OH is 1. The van der Waals surface area contributed by atoms with E-state index in [0.29, 0.717) is 36.0 Å². The van der Waals surface area contributed by atoms with Crippen LogP contribution in [0.25, 0.3) is 0 Å². The van der Waals surface area contributed by atoms with E-state index in [1.807, 2.05) is 0 Å². The van der Waals surface area contributed by atoms with Crippen LogP contribution in [0.2, 0.25) is 0 Å². The van der Waals surface area contributed by atoms with Crippen LogP contribution in [-0.4, -0.2) is 52.0 Å². The van der Waals surface area contributed by atoms with Crippen molar-refractivity contribution in [1.82, 2.24) is 5.06 Å². The molecule has 0 saturated carbocycles. The number of unbranched alkanes of at least 4 members (excludes halogenated alkanes) is 3. The molecule has 1 unspecified atom stereocenters. The first-order chi connectivity index (χ1) is 12.3. The smallest absolute Gasteiger partial charge is 0.265 e. The van der Waals surface area contributed by atoms with Crippen LogP contribution in [-0.2, 0) is 14.4 Å². The summed E-state index contributed by atoms with van der Waals surface area (Å²) in [5.74, 6) is 0.149. The molecule has 0 aliphatic rings. The summed E-state index contributed by atoms with van der Waals surface area (Å²) in [5, 5.41) is 18.6. The third-order valence-electron chi connectivity index (χ3n) is 4.27. The molecule has 1 atom stereocenters. The van der Waals surface area contributed by atoms with Crippen LogP contribution in [0.15, 0.2) is 0 Å². The van der Waals surface area contributed by atoms with E-state index in [0.717, 1.165) is 38.5 Å². The van der Waals surface area contributed by atoms with Crippen LogP contribution in [0.4, 0.5) is 0 Å². The van der Waals surface area contributed by atoms with Crippen LogP contribution < -0.4 is 5.73 Å². The number of amides is 1. The summed E-state index contributed by atoms with van der Waals surface area (Å²) in [6.07, 6.45) is 7.26. The molecule has 7 heteroatoms. The first-order valence-corrected chi connectivity index (χ1v) is 9.68. The quantitative estimate of drug-likeness (QED) is 0.217. The van der Waals surface area contributed by atoms with E-state index >= 15 is 0 Å². The van der Waals surface area contributed by atoms with Crippen LogP contribution in [0.3, 0.4) is 0 Å². The summed E-state index contributed by atoms with van der Waals surface area (Å²) >= 11 is 0. The number of hydrogen-bond donors (Lipinski definition) is 3. The van der Waals surface area contributed by atoms with E-state index in [-0.39, 0.29) is 18.7 Å². The first kappa shape index (κ1) is 24.7. The maximum atomic E-state index is 11.7. The molecule has 0 aromatic rings. The number of Topliss-reactive ketones (excluding diaryl/α,β-unsaturated/α-hetero) is 2. The molecule has 7 nitrogen and oxygen atoms in total. The molecule has 0 radical (unpaired) electrons. The van der Waals surface area contributed by atoms with Crippen molar-refractivity contribution in [1.29, 1.82) is 0 Å². The molecule has 0 spiro atoms. The zero-order valence-electron chi connectivity index (χ0n) is 16.3. The van der Waals surface area contributed by atoms with E-state index in [9.17, 15) is 19.6 Å². The molecule has 0 aromatic heterocycles. The molecule has 4 N–H and O–H groups in total. The minimum absolute atomic E-state index is 0.0285. The monoisotopic (exact) mass is 372 g/mol. The van der Waals surface area contributed by atoms with Gasteiger partial charge in [-0.25, -0.2) is 5.06 Å². The molecule has 0 heterocycles. The highest BCUT2D eigenvalue weighted by atomic mass is 16.5. The lowest BCUT2D eigenvalue weighted by Gasteiger charge is -2.17. The van der Waals surface area contributed by atoms with Crippen molar-refractivity contribution < 1.29 is 24.7 Å². The van der Waals surface area contributed by atoms with Crippen molar-refractivity contribution in [3.05, 3.63) is 0 Å². The highest BCUT2D eigenvalue weighted by Crippen LogP contribution is 2.11. The lowest BCUT2D eigenvalue weighted by molar-refractivity contribution is -0.168. The van der Waals surface area contributed by atoms with E-state index in [4.69, 9.17) is 10.8 Å². The maximum absolute atomic E-state index is 11.7. The van der Waals surface area contributed by atoms with Crippen LogP contribution in [0.1, 0.15) is 78.1 Å². The van der Waals surface area contributed by atoms with Crippen LogP contribution in [0, 0.1) is 5.92 Å². The third-order valence-corrected chi connectivity index (χ3v) is 4.27. The summed E-state index contributed by atoms with van der Waals surface area (Å²) in [5.41, 5.74) is 5.30. The summed E-state index contributed by atoms with van der Waals surface area (Å²) in [4.78, 5) is 34.9. The van der Waals surface area contributed by atoms with Gasteiger partial charge in [-0.3, -0.25) is 19.6 Å². The zero-order valence-corrected chi connectivity index (χ0v) is 16.3. The van der Waals surface area contributed by atoms with Gasteiger partial charge in [-0.15, -0.1) is 0 Å². The van der Waals surface area contributed by atoms with Gasteiger partial charge >= 0.3 is 0 Å². The molecule has 0 aliphatic heterocycles. The maximum Gasteiger partial charge on any atom is 0.265 e. The van der Waals surface area contributed by atoms with Gasteiger partial charge < -0.3 is 10.8 Å². The van der Waals surface area contributed by atoms with Gasteiger partial charge in [0.15, 0.2) is 0 Å². The SMILES string of the molecule is CC(C)CCCC(=O)CCCCCCC(=O)CCN(O)C(=O)C(N)CO. The van der Waals surface area contributed by atoms with Crippen molar-refractivity contribution >= 4 is 17.5 Å². The summed E-state index contributed by atoms with van der Waals surface area (Å²) in [7, 11) is 0. The lowest BCUT2D eigenvalue weighted by atomic mass is 10.0. The van der Waals surface area contributed by atoms with Crippen LogP contribution in [0.5, 0.6) is 0 Å². The van der Waals surface area contributed by atoms with Gasteiger partial charge in [0.1, 0.15) is 17.6 Å². The highest BCUT2D eigenvalue weighted by Gasteiger charge is 2.19. The molecule has 0 saturated heterocycles. The van der Waals surface area contributed by atoms with E-state index in [1.165, 1.54) is 0 Å². The van der Waals surface area contributed by atoms with Crippen molar-refractivity contribution in [2.24, 2.45) is 11.7 Å². The normalized spacial score (nSPS) is 12.2. The average molecular weight is 373 g/mol. The predicted molar refractivity (Wildman–Crippen MR) is 99.6 cm³/mol. The Balaban J connectivity index is 3.62. The van der Waals surface area contributed by atoms with Gasteiger partial charge in [-0.05, 0) is 25.2 Å². The summed E-state index contributed by atoms with van der Waals surface area (Å²) < 4.78 is 0. The second-order valence-corrected chi connectivity index (χ2v) is 7.28. The molecular weight excluding hydrogens is 336 g/mol. The van der Waals surface area contributed by atoms with Crippen LogP contribution >= 0.6 is 0 Å². The Morgan fingerprint density at radius 3 is 1.88 bits per heavy atom. The molecule has 152 valence electrons. The number of hydrogen-bond acceptors (Lipinski definition) is 6. The van der Waals surface area contributed by atoms with Crippen molar-refractivity contribution in [3.8, 4) is 0 Å². The van der Waals surface area contributed by atoms with E-state index in [2.05, 4.69) is 13.8 Å². The Bertz CT molecular complexity index is 426. The van der Waals surface area contributed by atoms with Crippen molar-refractivity contribution in [3.63, 3.8) is 0 Å². The van der Waals surface area contributed by atoms with Gasteiger partial charge in [-0.1, -0.05) is 33.1 Å². The summed E-state index contributed by atoms with van der Waals surface area (Å²) in [6, 6.07) is -1.16. The van der Waals surface area contributed by atoms with Crippen molar-refractivity contribution in [2.75, 3.05) is 13.2 Å². The van der Waals surface area contributed by atoms with E-state index in [1.54, 1.807) is 0 Å². The predicted octanol–water partition coefficient (Wildman–Crippen LogP) is 2.22. The van der Waals surface area contributed by atoms with Gasteiger partial charge in [0.05, 0.1) is 13.2 Å². The fraction of sp³-hybridized carbons (Fsp3) is 0.842. The number of rotatable bonds is 16. The fourth-order valence-corrected chi connectivity index (χ4v) is 2.57. The lowest BCUT2D eigenvalue weighted by Crippen LogP contribution is -2.44. The molecular formula is C19H36N2O5. The number of aliphatic hydroxyl groups is 1. The van der Waals surface area contributed by atoms with Gasteiger partial charge in [0.25, 0.3) is 5.91 Å². The molecule has 0 aliphatic carbocycles. The number of nitrogens with two attached hydrogens (primary N) is 1. The molecule has 1 amide bonds. The highest BCUT2D eigenvalue weighted by molar-refractivity contribution is 5.82. The van der Waals surface area contributed by atoms with Gasteiger partial charge in [0, 0.05) is 25.7 Å². The molecule has 0 rings (SSSR count). The van der Waals surface area contributed by atoms with Crippen molar-refractivity contribution in [2.45, 2.75) is 84.1 Å². The number of carbonyl (C=O) groups is 3. The molecule has 0 bridgehead atoms. The first-order valence-electron chi connectivity index (χ1n) is 9.68. The number of ketones is 2. The minimum Gasteiger partial charge on any atom is -0.394 e. The minimum atomic E-state index is -1.16. The fourth-order valence-electron chi connectivity index (χ4n) is 2.57. The number of hydroxylamine groups is 2. The third kappa shape index (κ3) is 13.0.